The van der Waals surface area contributed by atoms with Gasteiger partial charge in [-0.05, 0) is 35.7 Å². The van der Waals surface area contributed by atoms with Crippen molar-refractivity contribution in [3.63, 3.8) is 0 Å². The van der Waals surface area contributed by atoms with E-state index in [9.17, 15) is 4.79 Å². The summed E-state index contributed by atoms with van der Waals surface area (Å²) in [4.78, 5) is 12.2. The molecule has 0 aromatic heterocycles. The van der Waals surface area contributed by atoms with Crippen LogP contribution >= 0.6 is 0 Å². The van der Waals surface area contributed by atoms with Crippen LogP contribution in [0.1, 0.15) is 11.1 Å². The fraction of sp³-hybridized carbons (Fsp3) is 0.278. The number of amides is 1. The summed E-state index contributed by atoms with van der Waals surface area (Å²) in [6.07, 6.45) is 1.15. The monoisotopic (exact) mass is 297 g/mol. The van der Waals surface area contributed by atoms with Gasteiger partial charge >= 0.3 is 0 Å². The van der Waals surface area contributed by atoms with Crippen LogP contribution in [0.3, 0.4) is 0 Å². The summed E-state index contributed by atoms with van der Waals surface area (Å²) < 4.78 is 10.9. The van der Waals surface area contributed by atoms with Gasteiger partial charge in [-0.1, -0.05) is 30.3 Å². The summed E-state index contributed by atoms with van der Waals surface area (Å²) in [5.41, 5.74) is 2.08. The second-order valence-corrected chi connectivity index (χ2v) is 5.42. The number of para-hydroxylation sites is 1. The van der Waals surface area contributed by atoms with Gasteiger partial charge in [-0.3, -0.25) is 4.79 Å². The molecule has 1 aliphatic heterocycles. The third-order valence-corrected chi connectivity index (χ3v) is 3.74. The lowest BCUT2D eigenvalue weighted by atomic mass is 10.0. The molecular weight excluding hydrogens is 278 g/mol. The highest BCUT2D eigenvalue weighted by atomic mass is 16.5. The summed E-state index contributed by atoms with van der Waals surface area (Å²) >= 11 is 0. The maximum Gasteiger partial charge on any atom is 0.224 e. The molecule has 1 aliphatic rings. The van der Waals surface area contributed by atoms with Crippen LogP contribution in [0.15, 0.2) is 48.5 Å². The van der Waals surface area contributed by atoms with E-state index in [0.717, 1.165) is 29.0 Å². The topological polar surface area (TPSA) is 47.6 Å². The Bertz CT molecular complexity index is 669. The van der Waals surface area contributed by atoms with Crippen LogP contribution in [0.4, 0.5) is 0 Å². The van der Waals surface area contributed by atoms with Crippen molar-refractivity contribution in [3.05, 3.63) is 59.7 Å². The van der Waals surface area contributed by atoms with E-state index in [1.807, 2.05) is 48.5 Å². The Morgan fingerprint density at radius 2 is 2.14 bits per heavy atom. The van der Waals surface area contributed by atoms with Crippen LogP contribution < -0.4 is 14.8 Å². The minimum Gasteiger partial charge on any atom is -0.497 e. The van der Waals surface area contributed by atoms with Gasteiger partial charge in [0.1, 0.15) is 18.1 Å². The van der Waals surface area contributed by atoms with Gasteiger partial charge in [0.2, 0.25) is 5.91 Å². The molecule has 0 saturated heterocycles. The molecule has 0 spiro atoms. The smallest absolute Gasteiger partial charge is 0.224 e. The molecule has 1 N–H and O–H groups in total. The highest BCUT2D eigenvalue weighted by molar-refractivity contribution is 5.79. The van der Waals surface area contributed by atoms with Gasteiger partial charge in [-0.2, -0.15) is 0 Å². The van der Waals surface area contributed by atoms with Crippen LogP contribution in [0.2, 0.25) is 0 Å². The van der Waals surface area contributed by atoms with Gasteiger partial charge < -0.3 is 14.8 Å². The first-order chi connectivity index (χ1) is 10.7. The molecule has 1 heterocycles. The normalized spacial score (nSPS) is 16.3. The first-order valence-electron chi connectivity index (χ1n) is 7.37. The maximum atomic E-state index is 12.2. The van der Waals surface area contributed by atoms with Crippen LogP contribution in [-0.4, -0.2) is 25.7 Å². The fourth-order valence-electron chi connectivity index (χ4n) is 2.67. The van der Waals surface area contributed by atoms with Gasteiger partial charge in [0.05, 0.1) is 19.6 Å². The molecule has 0 unspecified atom stereocenters. The lowest BCUT2D eigenvalue weighted by molar-refractivity contribution is -0.121. The Morgan fingerprint density at radius 1 is 1.27 bits per heavy atom. The van der Waals surface area contributed by atoms with Crippen molar-refractivity contribution in [2.75, 3.05) is 13.7 Å². The van der Waals surface area contributed by atoms with Crippen molar-refractivity contribution in [1.29, 1.82) is 0 Å². The molecule has 0 aliphatic carbocycles. The van der Waals surface area contributed by atoms with E-state index in [1.54, 1.807) is 7.11 Å². The van der Waals surface area contributed by atoms with Crippen molar-refractivity contribution in [2.24, 2.45) is 0 Å². The summed E-state index contributed by atoms with van der Waals surface area (Å²) in [5.74, 6) is 1.68. The van der Waals surface area contributed by atoms with E-state index in [1.165, 1.54) is 0 Å². The van der Waals surface area contributed by atoms with E-state index < -0.39 is 0 Å². The molecular formula is C18H19NO3. The summed E-state index contributed by atoms with van der Waals surface area (Å²) in [6.45, 7) is 0.515. The number of fused-ring (bicyclic) bond motifs is 1. The number of ether oxygens (including phenoxy) is 2. The van der Waals surface area contributed by atoms with E-state index >= 15 is 0 Å². The third kappa shape index (κ3) is 3.39. The van der Waals surface area contributed by atoms with Crippen molar-refractivity contribution < 1.29 is 14.3 Å². The highest BCUT2D eigenvalue weighted by Crippen LogP contribution is 2.23. The Morgan fingerprint density at radius 3 is 3.00 bits per heavy atom. The Kier molecular flexibility index (Phi) is 4.28. The number of methoxy groups -OCH3 is 1. The summed E-state index contributed by atoms with van der Waals surface area (Å²) in [5, 5.41) is 3.04. The van der Waals surface area contributed by atoms with Crippen molar-refractivity contribution >= 4 is 5.91 Å². The first-order valence-corrected chi connectivity index (χ1v) is 7.37. The van der Waals surface area contributed by atoms with E-state index in [-0.39, 0.29) is 11.9 Å². The number of rotatable bonds is 4. The lowest BCUT2D eigenvalue weighted by Crippen LogP contribution is -2.43. The molecule has 0 bridgehead atoms. The van der Waals surface area contributed by atoms with Crippen LogP contribution in [0.25, 0.3) is 0 Å². The quantitative estimate of drug-likeness (QED) is 0.942. The molecule has 0 radical (unpaired) electrons. The number of hydrogen-bond donors (Lipinski definition) is 1. The standard InChI is InChI=1S/C18H19NO3/c1-21-16-7-4-5-13(9-16)10-18(20)19-15-11-14-6-2-3-8-17(14)22-12-15/h2-9,15H,10-12H2,1H3,(H,19,20)/t15-/m0/s1. The van der Waals surface area contributed by atoms with Crippen molar-refractivity contribution in [1.82, 2.24) is 5.32 Å². The molecule has 2 aromatic carbocycles. The average Bonchev–Trinajstić information content (AvgIpc) is 2.55. The Hall–Kier alpha value is -2.49. The number of benzene rings is 2. The molecule has 22 heavy (non-hydrogen) atoms. The van der Waals surface area contributed by atoms with Crippen LogP contribution in [-0.2, 0) is 17.6 Å². The van der Waals surface area contributed by atoms with Gasteiger partial charge in [0.25, 0.3) is 0 Å². The lowest BCUT2D eigenvalue weighted by Gasteiger charge is -2.26. The number of nitrogens with one attached hydrogen (secondary N) is 1. The molecule has 4 nitrogen and oxygen atoms in total. The minimum absolute atomic E-state index is 0.00114. The van der Waals surface area contributed by atoms with Crippen molar-refractivity contribution in [3.8, 4) is 11.5 Å². The maximum absolute atomic E-state index is 12.2. The van der Waals surface area contributed by atoms with Gasteiger partial charge in [0, 0.05) is 0 Å². The zero-order valence-electron chi connectivity index (χ0n) is 12.5. The molecule has 0 saturated carbocycles. The molecule has 3 rings (SSSR count). The zero-order chi connectivity index (χ0) is 15.4. The van der Waals surface area contributed by atoms with Crippen LogP contribution in [0.5, 0.6) is 11.5 Å². The molecule has 114 valence electrons. The van der Waals surface area contributed by atoms with Gasteiger partial charge in [-0.25, -0.2) is 0 Å². The van der Waals surface area contributed by atoms with Gasteiger partial charge in [0.15, 0.2) is 0 Å². The Labute approximate surface area is 130 Å². The predicted molar refractivity (Wildman–Crippen MR) is 84.3 cm³/mol. The average molecular weight is 297 g/mol. The molecule has 1 atom stereocenters. The number of carbonyl (C=O) groups excluding carboxylic acids is 1. The second-order valence-electron chi connectivity index (χ2n) is 5.42. The zero-order valence-corrected chi connectivity index (χ0v) is 12.5. The molecule has 0 fully saturated rings. The molecule has 2 aromatic rings. The molecule has 4 heteroatoms. The third-order valence-electron chi connectivity index (χ3n) is 3.74. The summed E-state index contributed by atoms with van der Waals surface area (Å²) in [7, 11) is 1.62. The Balaban J connectivity index is 1.58. The predicted octanol–water partition coefficient (Wildman–Crippen LogP) is 2.36. The van der Waals surface area contributed by atoms with E-state index in [0.29, 0.717) is 13.0 Å². The summed E-state index contributed by atoms with van der Waals surface area (Å²) in [6, 6.07) is 15.5. The largest absolute Gasteiger partial charge is 0.497 e. The SMILES string of the molecule is COc1cccc(CC(=O)N[C@@H]2COc3ccccc3C2)c1. The number of carbonyl (C=O) groups is 1. The van der Waals surface area contributed by atoms with Crippen LogP contribution in [0, 0.1) is 0 Å². The number of hydrogen-bond acceptors (Lipinski definition) is 3. The fourth-order valence-corrected chi connectivity index (χ4v) is 2.67. The van der Waals surface area contributed by atoms with Crippen molar-refractivity contribution in [2.45, 2.75) is 18.9 Å². The van der Waals surface area contributed by atoms with Gasteiger partial charge in [-0.15, -0.1) is 0 Å². The van der Waals surface area contributed by atoms with E-state index in [2.05, 4.69) is 5.32 Å². The van der Waals surface area contributed by atoms with E-state index in [4.69, 9.17) is 9.47 Å². The minimum atomic E-state index is 0.00114. The second kappa shape index (κ2) is 6.52. The highest BCUT2D eigenvalue weighted by Gasteiger charge is 2.21. The molecule has 1 amide bonds. The first kappa shape index (κ1) is 14.4.